The fourth-order valence-electron chi connectivity index (χ4n) is 2.85. The van der Waals surface area contributed by atoms with E-state index in [1.165, 1.54) is 11.1 Å². The molecular formula is C23H17BrClN3. The highest BCUT2D eigenvalue weighted by atomic mass is 79.9. The third-order valence-corrected chi connectivity index (χ3v) is 5.05. The number of rotatable bonds is 3. The van der Waals surface area contributed by atoms with Crippen molar-refractivity contribution in [1.29, 1.82) is 0 Å². The van der Waals surface area contributed by atoms with Crippen LogP contribution in [0.1, 0.15) is 11.1 Å². The van der Waals surface area contributed by atoms with Gasteiger partial charge < -0.3 is 0 Å². The summed E-state index contributed by atoms with van der Waals surface area (Å²) in [7, 11) is 0. The molecule has 0 amide bonds. The van der Waals surface area contributed by atoms with E-state index in [0.29, 0.717) is 22.5 Å². The van der Waals surface area contributed by atoms with Gasteiger partial charge >= 0.3 is 0 Å². The molecule has 3 nitrogen and oxygen atoms in total. The van der Waals surface area contributed by atoms with Crippen molar-refractivity contribution in [2.75, 3.05) is 0 Å². The Morgan fingerprint density at radius 1 is 0.607 bits per heavy atom. The van der Waals surface area contributed by atoms with E-state index in [-0.39, 0.29) is 0 Å². The van der Waals surface area contributed by atoms with Crippen molar-refractivity contribution in [1.82, 2.24) is 15.0 Å². The van der Waals surface area contributed by atoms with Gasteiger partial charge in [-0.2, -0.15) is 0 Å². The minimum absolute atomic E-state index is 0.587. The number of aryl methyl sites for hydroxylation is 2. The lowest BCUT2D eigenvalue weighted by molar-refractivity contribution is 1.07. The average molecular weight is 451 g/mol. The molecule has 3 aromatic carbocycles. The quantitative estimate of drug-likeness (QED) is 0.340. The van der Waals surface area contributed by atoms with Gasteiger partial charge in [-0.3, -0.25) is 0 Å². The zero-order valence-corrected chi connectivity index (χ0v) is 17.8. The molecule has 0 unspecified atom stereocenters. The topological polar surface area (TPSA) is 38.7 Å². The Bertz CT molecular complexity index is 1060. The van der Waals surface area contributed by atoms with E-state index in [0.717, 1.165) is 21.2 Å². The van der Waals surface area contributed by atoms with Gasteiger partial charge in [0.2, 0.25) is 0 Å². The largest absolute Gasteiger partial charge is 0.208 e. The highest BCUT2D eigenvalue weighted by Crippen LogP contribution is 2.29. The fourth-order valence-corrected chi connectivity index (χ4v) is 3.71. The van der Waals surface area contributed by atoms with Crippen LogP contribution >= 0.6 is 27.5 Å². The van der Waals surface area contributed by atoms with E-state index in [1.54, 1.807) is 0 Å². The molecule has 4 aromatic rings. The van der Waals surface area contributed by atoms with Gasteiger partial charge in [-0.1, -0.05) is 87.2 Å². The fraction of sp³-hybridized carbons (Fsp3) is 0.0870. The molecule has 1 heterocycles. The zero-order chi connectivity index (χ0) is 19.7. The highest BCUT2D eigenvalue weighted by molar-refractivity contribution is 9.10. The SMILES string of the molecule is Cc1ccc(-c2nc(-c3ccc(C)cc3)nc(-c3cc(Cl)cc(Br)c3)n2)cc1. The minimum Gasteiger partial charge on any atom is -0.208 e. The molecule has 0 saturated carbocycles. The summed E-state index contributed by atoms with van der Waals surface area (Å²) >= 11 is 9.74. The molecule has 0 aliphatic rings. The van der Waals surface area contributed by atoms with E-state index < -0.39 is 0 Å². The van der Waals surface area contributed by atoms with Crippen molar-refractivity contribution in [3.05, 3.63) is 87.4 Å². The molecule has 0 aliphatic carbocycles. The first-order valence-corrected chi connectivity index (χ1v) is 10.0. The molecule has 0 radical (unpaired) electrons. The Hall–Kier alpha value is -2.56. The Labute approximate surface area is 177 Å². The molecule has 1 aromatic heterocycles. The maximum Gasteiger partial charge on any atom is 0.164 e. The molecule has 0 N–H and O–H groups in total. The van der Waals surface area contributed by atoms with Crippen molar-refractivity contribution in [3.8, 4) is 34.2 Å². The van der Waals surface area contributed by atoms with Crippen LogP contribution in [0.2, 0.25) is 5.02 Å². The Kier molecular flexibility index (Phi) is 5.25. The molecular weight excluding hydrogens is 434 g/mol. The van der Waals surface area contributed by atoms with Crippen molar-refractivity contribution in [3.63, 3.8) is 0 Å². The van der Waals surface area contributed by atoms with Gasteiger partial charge in [-0.25, -0.2) is 15.0 Å². The van der Waals surface area contributed by atoms with E-state index in [4.69, 9.17) is 26.6 Å². The summed E-state index contributed by atoms with van der Waals surface area (Å²) in [6.45, 7) is 4.12. The second-order valence-electron chi connectivity index (χ2n) is 6.70. The van der Waals surface area contributed by atoms with Gasteiger partial charge in [-0.05, 0) is 32.0 Å². The van der Waals surface area contributed by atoms with Crippen LogP contribution in [-0.4, -0.2) is 15.0 Å². The molecule has 0 aliphatic heterocycles. The van der Waals surface area contributed by atoms with Gasteiger partial charge in [0.25, 0.3) is 0 Å². The smallest absolute Gasteiger partial charge is 0.164 e. The van der Waals surface area contributed by atoms with Crippen LogP contribution in [0.15, 0.2) is 71.2 Å². The van der Waals surface area contributed by atoms with E-state index >= 15 is 0 Å². The Morgan fingerprint density at radius 2 is 1.04 bits per heavy atom. The third kappa shape index (κ3) is 4.13. The van der Waals surface area contributed by atoms with Crippen LogP contribution in [0.5, 0.6) is 0 Å². The predicted octanol–water partition coefficient (Wildman–Crippen LogP) is 6.91. The van der Waals surface area contributed by atoms with Crippen LogP contribution in [0.25, 0.3) is 34.2 Å². The zero-order valence-electron chi connectivity index (χ0n) is 15.4. The summed E-state index contributed by atoms with van der Waals surface area (Å²) in [5.41, 5.74) is 5.11. The summed E-state index contributed by atoms with van der Waals surface area (Å²) in [6, 6.07) is 22.0. The first-order valence-electron chi connectivity index (χ1n) is 8.84. The number of nitrogens with zero attached hydrogens (tertiary/aromatic N) is 3. The number of hydrogen-bond donors (Lipinski definition) is 0. The van der Waals surface area contributed by atoms with Crippen molar-refractivity contribution >= 4 is 27.5 Å². The standard InChI is InChI=1S/C23H17BrClN3/c1-14-3-7-16(8-4-14)21-26-22(17-9-5-15(2)6-10-17)28-23(27-21)18-11-19(24)13-20(25)12-18/h3-13H,1-2H3. The first kappa shape index (κ1) is 18.8. The van der Waals surface area contributed by atoms with Crippen LogP contribution in [0, 0.1) is 13.8 Å². The highest BCUT2D eigenvalue weighted by Gasteiger charge is 2.13. The molecule has 4 rings (SSSR count). The molecule has 28 heavy (non-hydrogen) atoms. The third-order valence-electron chi connectivity index (χ3n) is 4.38. The van der Waals surface area contributed by atoms with Gasteiger partial charge in [0.05, 0.1) is 0 Å². The summed E-state index contributed by atoms with van der Waals surface area (Å²) in [6.07, 6.45) is 0. The van der Waals surface area contributed by atoms with Gasteiger partial charge in [0.15, 0.2) is 17.5 Å². The second-order valence-corrected chi connectivity index (χ2v) is 8.05. The Balaban J connectivity index is 1.92. The molecule has 138 valence electrons. The number of halogens is 2. The summed E-state index contributed by atoms with van der Waals surface area (Å²) in [5, 5.41) is 0.624. The molecule has 0 spiro atoms. The normalized spacial score (nSPS) is 10.9. The second kappa shape index (κ2) is 7.82. The molecule has 0 bridgehead atoms. The van der Waals surface area contributed by atoms with Gasteiger partial charge in [0.1, 0.15) is 0 Å². The molecule has 0 atom stereocenters. The number of benzene rings is 3. The predicted molar refractivity (Wildman–Crippen MR) is 118 cm³/mol. The maximum absolute atomic E-state index is 6.25. The molecule has 5 heteroatoms. The van der Waals surface area contributed by atoms with E-state index in [9.17, 15) is 0 Å². The summed E-state index contributed by atoms with van der Waals surface area (Å²) < 4.78 is 0.879. The lowest BCUT2D eigenvalue weighted by Gasteiger charge is -2.09. The van der Waals surface area contributed by atoms with Gasteiger partial charge in [0, 0.05) is 26.2 Å². The average Bonchev–Trinajstić information content (AvgIpc) is 2.68. The van der Waals surface area contributed by atoms with E-state index in [2.05, 4.69) is 54.0 Å². The van der Waals surface area contributed by atoms with Crippen LogP contribution in [-0.2, 0) is 0 Å². The van der Waals surface area contributed by atoms with E-state index in [1.807, 2.05) is 42.5 Å². The summed E-state index contributed by atoms with van der Waals surface area (Å²) in [4.78, 5) is 14.2. The van der Waals surface area contributed by atoms with Crippen molar-refractivity contribution in [2.24, 2.45) is 0 Å². The first-order chi connectivity index (χ1) is 13.5. The van der Waals surface area contributed by atoms with Gasteiger partial charge in [-0.15, -0.1) is 0 Å². The van der Waals surface area contributed by atoms with Crippen molar-refractivity contribution < 1.29 is 0 Å². The lowest BCUT2D eigenvalue weighted by atomic mass is 10.1. The van der Waals surface area contributed by atoms with Crippen LogP contribution < -0.4 is 0 Å². The molecule has 0 saturated heterocycles. The monoisotopic (exact) mass is 449 g/mol. The van der Waals surface area contributed by atoms with Crippen LogP contribution in [0.3, 0.4) is 0 Å². The lowest BCUT2D eigenvalue weighted by Crippen LogP contribution is -2.00. The molecule has 0 fully saturated rings. The Morgan fingerprint density at radius 3 is 1.46 bits per heavy atom. The van der Waals surface area contributed by atoms with Crippen molar-refractivity contribution in [2.45, 2.75) is 13.8 Å². The minimum atomic E-state index is 0.587. The number of hydrogen-bond acceptors (Lipinski definition) is 3. The van der Waals surface area contributed by atoms with Crippen LogP contribution in [0.4, 0.5) is 0 Å². The number of aromatic nitrogens is 3. The maximum atomic E-state index is 6.25. The summed E-state index contributed by atoms with van der Waals surface area (Å²) in [5.74, 6) is 1.86.